The molecule has 5 atom stereocenters. The van der Waals surface area contributed by atoms with Crippen LogP contribution in [0.3, 0.4) is 0 Å². The topological polar surface area (TPSA) is 100 Å². The number of hydrogen-bond donors (Lipinski definition) is 2. The molecule has 5 rings (SSSR count). The van der Waals surface area contributed by atoms with Gasteiger partial charge in [0, 0.05) is 62.3 Å². The minimum Gasteiger partial charge on any atom is -0.327 e. The second kappa shape index (κ2) is 9.29. The number of fused-ring (bicyclic) bond motifs is 2. The van der Waals surface area contributed by atoms with Crippen LogP contribution < -0.4 is 10.7 Å². The van der Waals surface area contributed by atoms with E-state index in [1.807, 2.05) is 6.20 Å². The van der Waals surface area contributed by atoms with E-state index in [9.17, 15) is 4.79 Å². The van der Waals surface area contributed by atoms with Crippen LogP contribution in [0.1, 0.15) is 45.2 Å². The van der Waals surface area contributed by atoms with Gasteiger partial charge in [0.1, 0.15) is 6.54 Å². The summed E-state index contributed by atoms with van der Waals surface area (Å²) >= 11 is 0. The van der Waals surface area contributed by atoms with Gasteiger partial charge in [-0.3, -0.25) is 29.6 Å². The number of aromatic nitrogens is 2. The molecule has 9 heteroatoms. The molecular formula is C25H32N8O. The summed E-state index contributed by atoms with van der Waals surface area (Å²) in [5, 5.41) is 13.9. The van der Waals surface area contributed by atoms with Gasteiger partial charge in [0.05, 0.1) is 28.8 Å². The summed E-state index contributed by atoms with van der Waals surface area (Å²) in [6, 6.07) is 9.52. The maximum atomic E-state index is 12.5. The third-order valence-corrected chi connectivity index (χ3v) is 7.54. The highest BCUT2D eigenvalue weighted by molar-refractivity contribution is 5.80. The number of nitrogens with zero attached hydrogens (tertiary/aromatic N) is 6. The van der Waals surface area contributed by atoms with Crippen molar-refractivity contribution in [2.45, 2.75) is 63.8 Å². The first kappa shape index (κ1) is 22.7. The molecule has 1 aromatic heterocycles. The second-order valence-electron chi connectivity index (χ2n) is 9.58. The van der Waals surface area contributed by atoms with E-state index in [0.717, 1.165) is 36.2 Å². The van der Waals surface area contributed by atoms with Crippen LogP contribution in [0, 0.1) is 11.3 Å². The molecule has 1 aromatic carbocycles. The van der Waals surface area contributed by atoms with Crippen LogP contribution in [0.15, 0.2) is 42.5 Å². The SMILES string of the molecule is CC[C@@H]1CN(C2CC(=O)NC3=CN(CC#N)NC32)[C@@H](C)CN1[C@H](C)c1ccc2nccnc2c1. The molecule has 0 spiro atoms. The number of hydrogen-bond acceptors (Lipinski definition) is 8. The molecule has 2 saturated heterocycles. The number of carbonyl (C=O) groups is 1. The molecule has 2 N–H and O–H groups in total. The second-order valence-corrected chi connectivity index (χ2v) is 9.58. The Bertz CT molecular complexity index is 1140. The molecule has 0 bridgehead atoms. The smallest absolute Gasteiger partial charge is 0.225 e. The summed E-state index contributed by atoms with van der Waals surface area (Å²) in [5.41, 5.74) is 7.38. The van der Waals surface area contributed by atoms with Crippen molar-refractivity contribution in [3.05, 3.63) is 48.1 Å². The Kier molecular flexibility index (Phi) is 6.21. The lowest BCUT2D eigenvalue weighted by Crippen LogP contribution is -2.66. The standard InChI is InChI=1S/C25H32N8O/c1-4-19-14-32(23-12-24(34)29-22-15-31(10-7-26)30-25(22)23)16(2)13-33(19)17(3)18-5-6-20-21(11-18)28-9-8-27-20/h5-6,8-9,11,15-17,19,23,25,30H,4,10,12-14H2,1-3H3,(H,29,34)/t16-,17+,19+,23?,25?/m0/s1. The van der Waals surface area contributed by atoms with Gasteiger partial charge in [0.2, 0.25) is 5.91 Å². The quantitative estimate of drug-likeness (QED) is 0.653. The van der Waals surface area contributed by atoms with Gasteiger partial charge < -0.3 is 5.32 Å². The molecule has 0 radical (unpaired) electrons. The van der Waals surface area contributed by atoms with Crippen LogP contribution >= 0.6 is 0 Å². The van der Waals surface area contributed by atoms with Crippen LogP contribution in [0.2, 0.25) is 0 Å². The normalized spacial score (nSPS) is 28.8. The Morgan fingerprint density at radius 1 is 1.24 bits per heavy atom. The van der Waals surface area contributed by atoms with E-state index in [2.05, 4.69) is 75.5 Å². The molecule has 2 fully saturated rings. The fraction of sp³-hybridized carbons (Fsp3) is 0.520. The zero-order valence-corrected chi connectivity index (χ0v) is 20.0. The van der Waals surface area contributed by atoms with Crippen LogP contribution in [0.4, 0.5) is 0 Å². The molecule has 9 nitrogen and oxygen atoms in total. The Labute approximate surface area is 200 Å². The van der Waals surface area contributed by atoms with Crippen molar-refractivity contribution in [3.8, 4) is 6.07 Å². The zero-order valence-electron chi connectivity index (χ0n) is 20.0. The Morgan fingerprint density at radius 3 is 2.79 bits per heavy atom. The summed E-state index contributed by atoms with van der Waals surface area (Å²) in [6.45, 7) is 8.84. The number of carbonyl (C=O) groups excluding carboxylic acids is 1. The third kappa shape index (κ3) is 4.13. The van der Waals surface area contributed by atoms with Gasteiger partial charge in [0.25, 0.3) is 0 Å². The van der Waals surface area contributed by atoms with Crippen LogP contribution in [0.25, 0.3) is 11.0 Å². The van der Waals surface area contributed by atoms with E-state index in [-0.39, 0.29) is 36.6 Å². The van der Waals surface area contributed by atoms with Crippen LogP contribution in [-0.4, -0.2) is 74.5 Å². The summed E-state index contributed by atoms with van der Waals surface area (Å²) < 4.78 is 0. The number of nitrogens with one attached hydrogen (secondary N) is 2. The molecule has 1 amide bonds. The first-order valence-electron chi connectivity index (χ1n) is 12.1. The van der Waals surface area contributed by atoms with E-state index in [4.69, 9.17) is 5.26 Å². The number of hydrazine groups is 1. The van der Waals surface area contributed by atoms with E-state index in [0.29, 0.717) is 12.5 Å². The van der Waals surface area contributed by atoms with Crippen molar-refractivity contribution in [3.63, 3.8) is 0 Å². The predicted molar refractivity (Wildman–Crippen MR) is 129 cm³/mol. The molecule has 3 aliphatic heterocycles. The molecular weight excluding hydrogens is 428 g/mol. The lowest BCUT2D eigenvalue weighted by molar-refractivity contribution is -0.124. The zero-order chi connectivity index (χ0) is 23.8. The van der Waals surface area contributed by atoms with Crippen LogP contribution in [0.5, 0.6) is 0 Å². The van der Waals surface area contributed by atoms with Crippen LogP contribution in [-0.2, 0) is 4.79 Å². The van der Waals surface area contributed by atoms with Gasteiger partial charge in [-0.2, -0.15) is 5.26 Å². The van der Waals surface area contributed by atoms with E-state index < -0.39 is 0 Å². The van der Waals surface area contributed by atoms with Crippen molar-refractivity contribution in [1.82, 2.24) is 35.5 Å². The lowest BCUT2D eigenvalue weighted by Gasteiger charge is -2.52. The van der Waals surface area contributed by atoms with Gasteiger partial charge in [0.15, 0.2) is 0 Å². The number of nitriles is 1. The molecule has 3 aliphatic rings. The molecule has 34 heavy (non-hydrogen) atoms. The third-order valence-electron chi connectivity index (χ3n) is 7.54. The van der Waals surface area contributed by atoms with Gasteiger partial charge >= 0.3 is 0 Å². The first-order chi connectivity index (χ1) is 16.5. The number of rotatable bonds is 5. The monoisotopic (exact) mass is 460 g/mol. The first-order valence-corrected chi connectivity index (χ1v) is 12.1. The maximum Gasteiger partial charge on any atom is 0.225 e. The van der Waals surface area contributed by atoms with Crippen molar-refractivity contribution in [2.24, 2.45) is 0 Å². The molecule has 4 heterocycles. The maximum absolute atomic E-state index is 12.5. The number of piperidine rings is 1. The fourth-order valence-corrected chi connectivity index (χ4v) is 5.75. The van der Waals surface area contributed by atoms with Crippen molar-refractivity contribution in [1.29, 1.82) is 5.26 Å². The highest BCUT2D eigenvalue weighted by Gasteiger charge is 2.45. The molecule has 178 valence electrons. The summed E-state index contributed by atoms with van der Waals surface area (Å²) in [7, 11) is 0. The predicted octanol–water partition coefficient (Wildman–Crippen LogP) is 1.92. The van der Waals surface area contributed by atoms with Gasteiger partial charge in [-0.25, -0.2) is 5.43 Å². The van der Waals surface area contributed by atoms with Gasteiger partial charge in [-0.1, -0.05) is 13.0 Å². The van der Waals surface area contributed by atoms with E-state index in [1.165, 1.54) is 5.56 Å². The van der Waals surface area contributed by atoms with Crippen molar-refractivity contribution >= 4 is 16.9 Å². The number of piperazine rings is 1. The van der Waals surface area contributed by atoms with Crippen molar-refractivity contribution in [2.75, 3.05) is 19.6 Å². The van der Waals surface area contributed by atoms with Crippen molar-refractivity contribution < 1.29 is 4.79 Å². The Hall–Kier alpha value is -3.06. The summed E-state index contributed by atoms with van der Waals surface area (Å²) in [4.78, 5) is 26.5. The highest BCUT2D eigenvalue weighted by Crippen LogP contribution is 2.33. The average Bonchev–Trinajstić information content (AvgIpc) is 3.25. The highest BCUT2D eigenvalue weighted by atomic mass is 16.1. The minimum absolute atomic E-state index is 0.00552. The van der Waals surface area contributed by atoms with Gasteiger partial charge in [-0.15, -0.1) is 0 Å². The largest absolute Gasteiger partial charge is 0.327 e. The summed E-state index contributed by atoms with van der Waals surface area (Å²) in [5.74, 6) is 0.0430. The summed E-state index contributed by atoms with van der Waals surface area (Å²) in [6.07, 6.45) is 6.81. The fourth-order valence-electron chi connectivity index (χ4n) is 5.75. The number of amides is 1. The van der Waals surface area contributed by atoms with E-state index >= 15 is 0 Å². The minimum atomic E-state index is -0.00552. The lowest BCUT2D eigenvalue weighted by atomic mass is 9.91. The molecule has 0 aliphatic carbocycles. The Morgan fingerprint density at radius 2 is 2.03 bits per heavy atom. The van der Waals surface area contributed by atoms with E-state index in [1.54, 1.807) is 17.4 Å². The van der Waals surface area contributed by atoms with Gasteiger partial charge in [-0.05, 0) is 38.0 Å². The average molecular weight is 461 g/mol. The molecule has 2 unspecified atom stereocenters. The molecule has 0 saturated carbocycles. The molecule has 2 aromatic rings. The number of benzene rings is 1. The Balaban J connectivity index is 1.36.